The summed E-state index contributed by atoms with van der Waals surface area (Å²) in [6, 6.07) is 6.86. The van der Waals surface area contributed by atoms with E-state index in [9.17, 15) is 8.42 Å². The first-order valence-electron chi connectivity index (χ1n) is 6.32. The Labute approximate surface area is 115 Å². The fraction of sp³-hybridized carbons (Fsp3) is 0.571. The first-order chi connectivity index (χ1) is 8.66. The van der Waals surface area contributed by atoms with Gasteiger partial charge in [-0.1, -0.05) is 32.9 Å². The molecule has 4 nitrogen and oxygen atoms in total. The third-order valence-corrected chi connectivity index (χ3v) is 4.23. The molecular weight excluding hydrogens is 262 g/mol. The number of nitrogens with one attached hydrogen (secondary N) is 1. The van der Waals surface area contributed by atoms with E-state index in [1.165, 1.54) is 6.26 Å². The van der Waals surface area contributed by atoms with E-state index in [-0.39, 0.29) is 18.1 Å². The summed E-state index contributed by atoms with van der Waals surface area (Å²) in [5.41, 5.74) is 0.520. The van der Waals surface area contributed by atoms with Gasteiger partial charge in [-0.05, 0) is 24.0 Å². The van der Waals surface area contributed by atoms with Gasteiger partial charge in [-0.25, -0.2) is 8.42 Å². The van der Waals surface area contributed by atoms with Crippen molar-refractivity contribution in [1.82, 2.24) is 0 Å². The van der Waals surface area contributed by atoms with Crippen LogP contribution in [0.25, 0.3) is 0 Å². The maximum absolute atomic E-state index is 11.8. The Morgan fingerprint density at radius 2 is 1.84 bits per heavy atom. The molecule has 0 aliphatic rings. The van der Waals surface area contributed by atoms with Crippen LogP contribution >= 0.6 is 0 Å². The minimum Gasteiger partial charge on any atom is -0.396 e. The van der Waals surface area contributed by atoms with Crippen LogP contribution in [0.3, 0.4) is 0 Å². The Bertz CT molecular complexity index is 518. The number of aliphatic hydroxyl groups is 1. The van der Waals surface area contributed by atoms with E-state index in [1.807, 2.05) is 0 Å². The maximum Gasteiger partial charge on any atom is 0.177 e. The van der Waals surface area contributed by atoms with Gasteiger partial charge < -0.3 is 10.4 Å². The zero-order chi connectivity index (χ0) is 14.7. The average Bonchev–Trinajstić information content (AvgIpc) is 2.26. The van der Waals surface area contributed by atoms with E-state index in [4.69, 9.17) is 5.11 Å². The summed E-state index contributed by atoms with van der Waals surface area (Å²) in [4.78, 5) is 0.294. The lowest BCUT2D eigenvalue weighted by atomic mass is 9.85. The molecule has 0 heterocycles. The van der Waals surface area contributed by atoms with Gasteiger partial charge in [0.15, 0.2) is 9.84 Å². The molecule has 1 aromatic rings. The molecule has 0 fully saturated rings. The highest BCUT2D eigenvalue weighted by Crippen LogP contribution is 2.28. The van der Waals surface area contributed by atoms with Gasteiger partial charge in [-0.2, -0.15) is 0 Å². The summed E-state index contributed by atoms with van der Waals surface area (Å²) in [7, 11) is -3.26. The van der Waals surface area contributed by atoms with Gasteiger partial charge in [-0.15, -0.1) is 0 Å². The van der Waals surface area contributed by atoms with E-state index >= 15 is 0 Å². The van der Waals surface area contributed by atoms with Crippen LogP contribution < -0.4 is 5.32 Å². The van der Waals surface area contributed by atoms with Gasteiger partial charge in [0, 0.05) is 18.9 Å². The molecule has 1 atom stereocenters. The second-order valence-electron chi connectivity index (χ2n) is 5.84. The van der Waals surface area contributed by atoms with E-state index < -0.39 is 9.84 Å². The van der Waals surface area contributed by atoms with Crippen LogP contribution in [-0.2, 0) is 9.84 Å². The van der Waals surface area contributed by atoms with Crippen molar-refractivity contribution in [2.75, 3.05) is 18.2 Å². The van der Waals surface area contributed by atoms with Crippen molar-refractivity contribution in [2.45, 2.75) is 38.1 Å². The normalized spacial score (nSPS) is 14.2. The van der Waals surface area contributed by atoms with Crippen LogP contribution in [0.5, 0.6) is 0 Å². The molecule has 5 heteroatoms. The summed E-state index contributed by atoms with van der Waals surface area (Å²) in [5.74, 6) is 0. The van der Waals surface area contributed by atoms with Crippen LogP contribution in [-0.4, -0.2) is 32.4 Å². The minimum absolute atomic E-state index is 0.000370. The Kier molecular flexibility index (Phi) is 4.98. The Morgan fingerprint density at radius 1 is 1.26 bits per heavy atom. The SMILES string of the molecule is CC(C)(C)C(CCO)Nc1ccccc1S(C)(=O)=O. The van der Waals surface area contributed by atoms with Gasteiger partial charge in [0.05, 0.1) is 10.6 Å². The second-order valence-corrected chi connectivity index (χ2v) is 7.83. The molecule has 0 aliphatic carbocycles. The Morgan fingerprint density at radius 3 is 2.32 bits per heavy atom. The summed E-state index contributed by atoms with van der Waals surface area (Å²) in [5, 5.41) is 12.4. The van der Waals surface area contributed by atoms with E-state index in [2.05, 4.69) is 26.1 Å². The zero-order valence-corrected chi connectivity index (χ0v) is 12.8. The second kappa shape index (κ2) is 5.92. The molecule has 0 spiro atoms. The van der Waals surface area contributed by atoms with E-state index in [0.29, 0.717) is 17.0 Å². The van der Waals surface area contributed by atoms with Crippen molar-refractivity contribution in [3.8, 4) is 0 Å². The summed E-state index contributed by atoms with van der Waals surface area (Å²) >= 11 is 0. The predicted molar refractivity (Wildman–Crippen MR) is 78.1 cm³/mol. The summed E-state index contributed by atoms with van der Waals surface area (Å²) in [6.45, 7) is 6.24. The van der Waals surface area contributed by atoms with Crippen molar-refractivity contribution >= 4 is 15.5 Å². The molecule has 1 aromatic carbocycles. The van der Waals surface area contributed by atoms with Crippen molar-refractivity contribution in [1.29, 1.82) is 0 Å². The Hall–Kier alpha value is -1.07. The first kappa shape index (κ1) is 16.0. The third-order valence-electron chi connectivity index (χ3n) is 3.08. The van der Waals surface area contributed by atoms with Gasteiger partial charge in [0.1, 0.15) is 0 Å². The van der Waals surface area contributed by atoms with Gasteiger partial charge >= 0.3 is 0 Å². The molecular formula is C14H23NO3S. The van der Waals surface area contributed by atoms with Crippen LogP contribution in [0.1, 0.15) is 27.2 Å². The van der Waals surface area contributed by atoms with Crippen LogP contribution in [0, 0.1) is 5.41 Å². The quantitative estimate of drug-likeness (QED) is 0.871. The molecule has 0 aliphatic heterocycles. The highest BCUT2D eigenvalue weighted by atomic mass is 32.2. The monoisotopic (exact) mass is 285 g/mol. The molecule has 0 bridgehead atoms. The highest BCUT2D eigenvalue weighted by Gasteiger charge is 2.25. The van der Waals surface area contributed by atoms with Gasteiger partial charge in [-0.3, -0.25) is 0 Å². The largest absolute Gasteiger partial charge is 0.396 e. The fourth-order valence-electron chi connectivity index (χ4n) is 1.95. The summed E-state index contributed by atoms with van der Waals surface area (Å²) < 4.78 is 23.5. The van der Waals surface area contributed by atoms with Crippen LogP contribution in [0.2, 0.25) is 0 Å². The molecule has 1 unspecified atom stereocenters. The van der Waals surface area contributed by atoms with Gasteiger partial charge in [0.2, 0.25) is 0 Å². The standard InChI is InChI=1S/C14H23NO3S/c1-14(2,3)13(9-10-16)15-11-7-5-6-8-12(11)19(4,17)18/h5-8,13,15-16H,9-10H2,1-4H3. The zero-order valence-electron chi connectivity index (χ0n) is 12.0. The predicted octanol–water partition coefficient (Wildman–Crippen LogP) is 2.30. The number of anilines is 1. The molecule has 2 N–H and O–H groups in total. The first-order valence-corrected chi connectivity index (χ1v) is 8.22. The van der Waals surface area contributed by atoms with E-state index in [1.54, 1.807) is 24.3 Å². The van der Waals surface area contributed by atoms with Crippen LogP contribution in [0.15, 0.2) is 29.2 Å². The van der Waals surface area contributed by atoms with Crippen molar-refractivity contribution in [2.24, 2.45) is 5.41 Å². The smallest absolute Gasteiger partial charge is 0.177 e. The number of hydrogen-bond acceptors (Lipinski definition) is 4. The molecule has 19 heavy (non-hydrogen) atoms. The number of sulfone groups is 1. The fourth-order valence-corrected chi connectivity index (χ4v) is 2.80. The molecule has 0 amide bonds. The molecule has 0 aromatic heterocycles. The molecule has 108 valence electrons. The van der Waals surface area contributed by atoms with Crippen molar-refractivity contribution < 1.29 is 13.5 Å². The number of benzene rings is 1. The lowest BCUT2D eigenvalue weighted by Gasteiger charge is -2.32. The molecule has 1 rings (SSSR count). The number of aliphatic hydroxyl groups excluding tert-OH is 1. The van der Waals surface area contributed by atoms with Crippen molar-refractivity contribution in [3.05, 3.63) is 24.3 Å². The average molecular weight is 285 g/mol. The lowest BCUT2D eigenvalue weighted by molar-refractivity contribution is 0.235. The third kappa shape index (κ3) is 4.51. The minimum atomic E-state index is -3.26. The summed E-state index contributed by atoms with van der Waals surface area (Å²) in [6.07, 6.45) is 1.77. The van der Waals surface area contributed by atoms with E-state index in [0.717, 1.165) is 0 Å². The molecule has 0 saturated heterocycles. The lowest BCUT2D eigenvalue weighted by Crippen LogP contribution is -2.35. The van der Waals surface area contributed by atoms with Crippen molar-refractivity contribution in [3.63, 3.8) is 0 Å². The topological polar surface area (TPSA) is 66.4 Å². The number of hydrogen-bond donors (Lipinski definition) is 2. The van der Waals surface area contributed by atoms with Gasteiger partial charge in [0.25, 0.3) is 0 Å². The number of para-hydroxylation sites is 1. The Balaban J connectivity index is 3.11. The molecule has 0 radical (unpaired) electrons. The highest BCUT2D eigenvalue weighted by molar-refractivity contribution is 7.90. The molecule has 0 saturated carbocycles. The van der Waals surface area contributed by atoms with Crippen LogP contribution in [0.4, 0.5) is 5.69 Å². The maximum atomic E-state index is 11.8. The number of rotatable bonds is 5.